The maximum Gasteiger partial charge on any atom is 0.418 e. The first kappa shape index (κ1) is 23.4. The number of rotatable bonds is 6. The Kier molecular flexibility index (Phi) is 6.88. The van der Waals surface area contributed by atoms with Crippen LogP contribution in [0.25, 0.3) is 10.8 Å². The number of halogens is 3. The predicted octanol–water partition coefficient (Wildman–Crippen LogP) is 6.84. The molecule has 0 saturated carbocycles. The summed E-state index contributed by atoms with van der Waals surface area (Å²) < 4.78 is 39.2. The highest BCUT2D eigenvalue weighted by Crippen LogP contribution is 2.34. The summed E-state index contributed by atoms with van der Waals surface area (Å²) in [6.07, 6.45) is -4.55. The van der Waals surface area contributed by atoms with Crippen molar-refractivity contribution in [3.63, 3.8) is 0 Å². The monoisotopic (exact) mass is 480 g/mol. The van der Waals surface area contributed by atoms with Gasteiger partial charge in [0.2, 0.25) is 5.91 Å². The zero-order valence-electron chi connectivity index (χ0n) is 17.7. The second-order valence-corrected chi connectivity index (χ2v) is 8.47. The number of alkyl halides is 3. The number of carbonyl (C=O) groups excluding carboxylic acids is 2. The van der Waals surface area contributed by atoms with Crippen molar-refractivity contribution >= 4 is 45.7 Å². The Bertz CT molecular complexity index is 1340. The van der Waals surface area contributed by atoms with Crippen molar-refractivity contribution < 1.29 is 22.8 Å². The van der Waals surface area contributed by atoms with Gasteiger partial charge in [0.15, 0.2) is 0 Å². The van der Waals surface area contributed by atoms with Crippen molar-refractivity contribution in [1.29, 1.82) is 0 Å². The topological polar surface area (TPSA) is 58.2 Å². The van der Waals surface area contributed by atoms with E-state index in [-0.39, 0.29) is 17.3 Å². The molecular weight excluding hydrogens is 461 g/mol. The van der Waals surface area contributed by atoms with Gasteiger partial charge in [-0.1, -0.05) is 42.5 Å². The van der Waals surface area contributed by atoms with Gasteiger partial charge in [-0.15, -0.1) is 11.8 Å². The van der Waals surface area contributed by atoms with E-state index in [1.54, 1.807) is 30.3 Å². The first-order valence-electron chi connectivity index (χ1n) is 10.3. The second-order valence-electron chi connectivity index (χ2n) is 7.42. The van der Waals surface area contributed by atoms with Crippen LogP contribution in [0.5, 0.6) is 0 Å². The molecule has 0 bridgehead atoms. The highest BCUT2D eigenvalue weighted by atomic mass is 32.2. The summed E-state index contributed by atoms with van der Waals surface area (Å²) >= 11 is 1.18. The van der Waals surface area contributed by atoms with Crippen molar-refractivity contribution in [2.75, 3.05) is 16.4 Å². The van der Waals surface area contributed by atoms with E-state index in [0.29, 0.717) is 11.3 Å². The Hall–Kier alpha value is -3.78. The fraction of sp³-hybridized carbons (Fsp3) is 0.0769. The molecule has 8 heteroatoms. The molecule has 0 radical (unpaired) electrons. The summed E-state index contributed by atoms with van der Waals surface area (Å²) in [5.41, 5.74) is -0.0359. The van der Waals surface area contributed by atoms with Crippen molar-refractivity contribution in [3.8, 4) is 0 Å². The number of benzene rings is 4. The first-order valence-corrected chi connectivity index (χ1v) is 11.3. The van der Waals surface area contributed by atoms with Gasteiger partial charge >= 0.3 is 6.18 Å². The van der Waals surface area contributed by atoms with Gasteiger partial charge in [0.05, 0.1) is 17.0 Å². The SMILES string of the molecule is O=C(CSc1ccc(NC(=O)c2ccc3ccccc3c2)cc1)Nc1ccccc1C(F)(F)F. The molecule has 0 fully saturated rings. The van der Waals surface area contributed by atoms with Gasteiger partial charge in [0.1, 0.15) is 0 Å². The fourth-order valence-corrected chi connectivity index (χ4v) is 4.04. The number of anilines is 2. The lowest BCUT2D eigenvalue weighted by Gasteiger charge is -2.13. The zero-order chi connectivity index (χ0) is 24.1. The average Bonchev–Trinajstić information content (AvgIpc) is 2.83. The number of hydrogen-bond donors (Lipinski definition) is 2. The third kappa shape index (κ3) is 5.77. The lowest BCUT2D eigenvalue weighted by Crippen LogP contribution is -2.18. The predicted molar refractivity (Wildman–Crippen MR) is 129 cm³/mol. The van der Waals surface area contributed by atoms with Crippen LogP contribution in [-0.2, 0) is 11.0 Å². The van der Waals surface area contributed by atoms with Crippen LogP contribution in [0, 0.1) is 0 Å². The van der Waals surface area contributed by atoms with Crippen LogP contribution in [-0.4, -0.2) is 17.6 Å². The highest BCUT2D eigenvalue weighted by molar-refractivity contribution is 8.00. The van der Waals surface area contributed by atoms with Crippen LogP contribution in [0.1, 0.15) is 15.9 Å². The summed E-state index contributed by atoms with van der Waals surface area (Å²) in [5.74, 6) is -0.848. The third-order valence-corrected chi connectivity index (χ3v) is 6.01. The number of nitrogens with one attached hydrogen (secondary N) is 2. The van der Waals surface area contributed by atoms with E-state index in [4.69, 9.17) is 0 Å². The Labute approximate surface area is 198 Å². The van der Waals surface area contributed by atoms with Crippen LogP contribution in [0.15, 0.2) is 95.9 Å². The van der Waals surface area contributed by atoms with Gasteiger partial charge in [-0.05, 0) is 59.3 Å². The number of para-hydroxylation sites is 1. The minimum absolute atomic E-state index is 0.0605. The van der Waals surface area contributed by atoms with Gasteiger partial charge in [-0.2, -0.15) is 13.2 Å². The molecule has 172 valence electrons. The summed E-state index contributed by atoms with van der Waals surface area (Å²) in [4.78, 5) is 25.5. The summed E-state index contributed by atoms with van der Waals surface area (Å²) in [6.45, 7) is 0. The summed E-state index contributed by atoms with van der Waals surface area (Å²) in [5, 5.41) is 7.17. The highest BCUT2D eigenvalue weighted by Gasteiger charge is 2.33. The molecule has 0 spiro atoms. The molecule has 4 aromatic rings. The normalized spacial score (nSPS) is 11.3. The van der Waals surface area contributed by atoms with Crippen molar-refractivity contribution in [2.45, 2.75) is 11.1 Å². The molecule has 34 heavy (non-hydrogen) atoms. The molecule has 0 aromatic heterocycles. The number of hydrogen-bond acceptors (Lipinski definition) is 3. The van der Waals surface area contributed by atoms with Crippen molar-refractivity contribution in [1.82, 2.24) is 0 Å². The van der Waals surface area contributed by atoms with Gasteiger partial charge in [-0.3, -0.25) is 9.59 Å². The number of amides is 2. The van der Waals surface area contributed by atoms with E-state index >= 15 is 0 Å². The van der Waals surface area contributed by atoms with Crippen LogP contribution in [0.2, 0.25) is 0 Å². The smallest absolute Gasteiger partial charge is 0.325 e. The Balaban J connectivity index is 1.33. The Morgan fingerprint density at radius 3 is 2.18 bits per heavy atom. The van der Waals surface area contributed by atoms with E-state index in [2.05, 4.69) is 10.6 Å². The molecular formula is C26H19F3N2O2S. The lowest BCUT2D eigenvalue weighted by molar-refractivity contribution is -0.137. The summed E-state index contributed by atoms with van der Waals surface area (Å²) in [6, 6.07) is 25.0. The molecule has 0 saturated heterocycles. The van der Waals surface area contributed by atoms with Crippen LogP contribution >= 0.6 is 11.8 Å². The van der Waals surface area contributed by atoms with Crippen molar-refractivity contribution in [3.05, 3.63) is 102 Å². The lowest BCUT2D eigenvalue weighted by atomic mass is 10.1. The van der Waals surface area contributed by atoms with Crippen LogP contribution in [0.3, 0.4) is 0 Å². The minimum Gasteiger partial charge on any atom is -0.325 e. The van der Waals surface area contributed by atoms with E-state index < -0.39 is 17.6 Å². The first-order chi connectivity index (χ1) is 16.3. The van der Waals surface area contributed by atoms with Gasteiger partial charge < -0.3 is 10.6 Å². The molecule has 0 aliphatic carbocycles. The van der Waals surface area contributed by atoms with Gasteiger partial charge in [0, 0.05) is 16.1 Å². The molecule has 4 rings (SSSR count). The van der Waals surface area contributed by atoms with E-state index in [1.807, 2.05) is 36.4 Å². The molecule has 0 heterocycles. The van der Waals surface area contributed by atoms with Crippen LogP contribution in [0.4, 0.5) is 24.5 Å². The van der Waals surface area contributed by atoms with Gasteiger partial charge in [0.25, 0.3) is 5.91 Å². The Morgan fingerprint density at radius 2 is 1.44 bits per heavy atom. The molecule has 0 aliphatic heterocycles. The molecule has 4 aromatic carbocycles. The molecule has 2 amide bonds. The molecule has 4 nitrogen and oxygen atoms in total. The maximum absolute atomic E-state index is 13.1. The number of thioether (sulfide) groups is 1. The van der Waals surface area contributed by atoms with Gasteiger partial charge in [-0.25, -0.2) is 0 Å². The molecule has 0 aliphatic rings. The van der Waals surface area contributed by atoms with E-state index in [1.165, 1.54) is 30.0 Å². The minimum atomic E-state index is -4.55. The quantitative estimate of drug-likeness (QED) is 0.297. The maximum atomic E-state index is 13.1. The Morgan fingerprint density at radius 1 is 0.765 bits per heavy atom. The van der Waals surface area contributed by atoms with Crippen molar-refractivity contribution in [2.24, 2.45) is 0 Å². The number of fused-ring (bicyclic) bond motifs is 1. The largest absolute Gasteiger partial charge is 0.418 e. The second kappa shape index (κ2) is 10.0. The standard InChI is InChI=1S/C26H19F3N2O2S/c27-26(28,29)22-7-3-4-8-23(22)31-24(32)16-34-21-13-11-20(12-14-21)30-25(33)19-10-9-17-5-1-2-6-18(17)15-19/h1-15H,16H2,(H,30,33)(H,31,32). The van der Waals surface area contributed by atoms with E-state index in [9.17, 15) is 22.8 Å². The molecule has 0 atom stereocenters. The fourth-order valence-electron chi connectivity index (χ4n) is 3.34. The molecule has 2 N–H and O–H groups in total. The molecule has 0 unspecified atom stereocenters. The zero-order valence-corrected chi connectivity index (χ0v) is 18.5. The average molecular weight is 481 g/mol. The summed E-state index contributed by atoms with van der Waals surface area (Å²) in [7, 11) is 0. The third-order valence-electron chi connectivity index (χ3n) is 5.00. The van der Waals surface area contributed by atoms with E-state index in [0.717, 1.165) is 21.7 Å². The van der Waals surface area contributed by atoms with Crippen LogP contribution < -0.4 is 10.6 Å². The number of carbonyl (C=O) groups is 2.